The third-order valence-corrected chi connectivity index (χ3v) is 4.43. The quantitative estimate of drug-likeness (QED) is 0.871. The van der Waals surface area contributed by atoms with E-state index < -0.39 is 27.2 Å². The van der Waals surface area contributed by atoms with Crippen molar-refractivity contribution < 1.29 is 21.9 Å². The van der Waals surface area contributed by atoms with Crippen LogP contribution in [0.3, 0.4) is 0 Å². The molecule has 106 valence electrons. The average Bonchev–Trinajstić information content (AvgIpc) is 2.41. The lowest BCUT2D eigenvalue weighted by molar-refractivity contribution is 0.385. The highest BCUT2D eigenvalue weighted by Gasteiger charge is 2.19. The molecule has 0 heterocycles. The molecule has 0 aliphatic heterocycles. The number of hydrogen-bond acceptors (Lipinski definition) is 3. The van der Waals surface area contributed by atoms with Crippen LogP contribution in [-0.4, -0.2) is 15.5 Å². The van der Waals surface area contributed by atoms with Gasteiger partial charge < -0.3 is 4.74 Å². The first kappa shape index (κ1) is 14.5. The Bertz CT molecular complexity index is 727. The summed E-state index contributed by atoms with van der Waals surface area (Å²) in [6, 6.07) is 8.87. The van der Waals surface area contributed by atoms with Gasteiger partial charge in [-0.15, -0.1) is 0 Å². The standard InChI is InChI=1S/C14H12F2O3S/c1-19-13-7-2-4-10(14(13)16)9-20(17,18)12-6-3-5-11(15)8-12/h2-8H,9H2,1H3. The van der Waals surface area contributed by atoms with Crippen molar-refractivity contribution in [1.29, 1.82) is 0 Å². The second-order valence-corrected chi connectivity index (χ2v) is 6.14. The minimum atomic E-state index is -3.82. The minimum absolute atomic E-state index is 0.0198. The Morgan fingerprint density at radius 1 is 1.10 bits per heavy atom. The lowest BCUT2D eigenvalue weighted by Crippen LogP contribution is -2.07. The Kier molecular flexibility index (Phi) is 4.04. The lowest BCUT2D eigenvalue weighted by Gasteiger charge is -2.08. The number of rotatable bonds is 4. The highest BCUT2D eigenvalue weighted by molar-refractivity contribution is 7.90. The van der Waals surface area contributed by atoms with Gasteiger partial charge in [-0.3, -0.25) is 0 Å². The first-order chi connectivity index (χ1) is 9.44. The van der Waals surface area contributed by atoms with Gasteiger partial charge in [-0.25, -0.2) is 17.2 Å². The Balaban J connectivity index is 2.39. The fourth-order valence-electron chi connectivity index (χ4n) is 1.77. The monoisotopic (exact) mass is 298 g/mol. The van der Waals surface area contributed by atoms with Crippen molar-refractivity contribution in [2.45, 2.75) is 10.6 Å². The molecule has 2 aromatic rings. The van der Waals surface area contributed by atoms with Crippen LogP contribution in [0.25, 0.3) is 0 Å². The second-order valence-electron chi connectivity index (χ2n) is 4.15. The molecule has 20 heavy (non-hydrogen) atoms. The van der Waals surface area contributed by atoms with Gasteiger partial charge in [0.2, 0.25) is 0 Å². The second kappa shape index (κ2) is 5.58. The highest BCUT2D eigenvalue weighted by Crippen LogP contribution is 2.24. The molecule has 0 N–H and O–H groups in total. The van der Waals surface area contributed by atoms with Gasteiger partial charge in [-0.2, -0.15) is 0 Å². The third-order valence-electron chi connectivity index (χ3n) is 2.76. The Labute approximate surface area is 115 Å². The van der Waals surface area contributed by atoms with Crippen molar-refractivity contribution in [2.75, 3.05) is 7.11 Å². The molecular formula is C14H12F2O3S. The largest absolute Gasteiger partial charge is 0.494 e. The Morgan fingerprint density at radius 3 is 2.45 bits per heavy atom. The molecule has 0 fully saturated rings. The van der Waals surface area contributed by atoms with Gasteiger partial charge >= 0.3 is 0 Å². The summed E-state index contributed by atoms with van der Waals surface area (Å²) in [6.07, 6.45) is 0. The van der Waals surface area contributed by atoms with Crippen LogP contribution >= 0.6 is 0 Å². The van der Waals surface area contributed by atoms with E-state index in [-0.39, 0.29) is 16.2 Å². The zero-order valence-electron chi connectivity index (χ0n) is 10.6. The summed E-state index contributed by atoms with van der Waals surface area (Å²) >= 11 is 0. The number of ether oxygens (including phenoxy) is 1. The molecule has 2 aromatic carbocycles. The van der Waals surface area contributed by atoms with E-state index in [9.17, 15) is 17.2 Å². The van der Waals surface area contributed by atoms with E-state index in [4.69, 9.17) is 4.74 Å². The lowest BCUT2D eigenvalue weighted by atomic mass is 10.2. The van der Waals surface area contributed by atoms with Gasteiger partial charge in [0.05, 0.1) is 17.8 Å². The van der Waals surface area contributed by atoms with Crippen LogP contribution in [0.1, 0.15) is 5.56 Å². The molecule has 0 bridgehead atoms. The maximum Gasteiger partial charge on any atom is 0.182 e. The van der Waals surface area contributed by atoms with Crippen LogP contribution in [-0.2, 0) is 15.6 Å². The van der Waals surface area contributed by atoms with E-state index >= 15 is 0 Å². The molecule has 0 aromatic heterocycles. The molecule has 0 aliphatic carbocycles. The maximum absolute atomic E-state index is 13.9. The van der Waals surface area contributed by atoms with Gasteiger partial charge in [0, 0.05) is 5.56 Å². The van der Waals surface area contributed by atoms with Crippen LogP contribution in [0.5, 0.6) is 5.75 Å². The van der Waals surface area contributed by atoms with Gasteiger partial charge in [-0.05, 0) is 24.3 Å². The van der Waals surface area contributed by atoms with Crippen LogP contribution < -0.4 is 4.74 Å². The minimum Gasteiger partial charge on any atom is -0.494 e. The van der Waals surface area contributed by atoms with Crippen LogP contribution in [0, 0.1) is 11.6 Å². The smallest absolute Gasteiger partial charge is 0.182 e. The first-order valence-electron chi connectivity index (χ1n) is 5.74. The van der Waals surface area contributed by atoms with E-state index in [2.05, 4.69) is 0 Å². The molecule has 6 heteroatoms. The SMILES string of the molecule is COc1cccc(CS(=O)(=O)c2cccc(F)c2)c1F. The third kappa shape index (κ3) is 2.96. The summed E-state index contributed by atoms with van der Waals surface area (Å²) < 4.78 is 56.1. The Hall–Kier alpha value is -1.95. The topological polar surface area (TPSA) is 43.4 Å². The van der Waals surface area contributed by atoms with Crippen molar-refractivity contribution in [3.8, 4) is 5.75 Å². The van der Waals surface area contributed by atoms with E-state index in [1.165, 1.54) is 37.4 Å². The zero-order chi connectivity index (χ0) is 14.8. The molecular weight excluding hydrogens is 286 g/mol. The number of hydrogen-bond donors (Lipinski definition) is 0. The van der Waals surface area contributed by atoms with Crippen LogP contribution in [0.2, 0.25) is 0 Å². The summed E-state index contributed by atoms with van der Waals surface area (Å²) in [6.45, 7) is 0. The molecule has 0 atom stereocenters. The maximum atomic E-state index is 13.9. The number of benzene rings is 2. The average molecular weight is 298 g/mol. The highest BCUT2D eigenvalue weighted by atomic mass is 32.2. The van der Waals surface area contributed by atoms with Crippen molar-refractivity contribution in [3.63, 3.8) is 0 Å². The number of halogens is 2. The normalized spacial score (nSPS) is 11.3. The van der Waals surface area contributed by atoms with E-state index in [1.807, 2.05) is 0 Å². The van der Waals surface area contributed by atoms with Crippen LogP contribution in [0.4, 0.5) is 8.78 Å². The fourth-order valence-corrected chi connectivity index (χ4v) is 3.15. The van der Waals surface area contributed by atoms with E-state index in [1.54, 1.807) is 0 Å². The number of methoxy groups -OCH3 is 1. The molecule has 2 rings (SSSR count). The molecule has 0 saturated heterocycles. The van der Waals surface area contributed by atoms with Gasteiger partial charge in [-0.1, -0.05) is 18.2 Å². The number of sulfone groups is 1. The molecule has 0 spiro atoms. The van der Waals surface area contributed by atoms with Crippen LogP contribution in [0.15, 0.2) is 47.4 Å². The molecule has 0 aliphatic rings. The van der Waals surface area contributed by atoms with Gasteiger partial charge in [0.1, 0.15) is 5.82 Å². The van der Waals surface area contributed by atoms with E-state index in [0.29, 0.717) is 0 Å². The summed E-state index contributed by atoms with van der Waals surface area (Å²) in [5, 5.41) is 0. The van der Waals surface area contributed by atoms with Crippen molar-refractivity contribution in [3.05, 3.63) is 59.7 Å². The van der Waals surface area contributed by atoms with Crippen molar-refractivity contribution in [1.82, 2.24) is 0 Å². The first-order valence-corrected chi connectivity index (χ1v) is 7.39. The zero-order valence-corrected chi connectivity index (χ0v) is 11.5. The molecule has 0 amide bonds. The van der Waals surface area contributed by atoms with Crippen molar-refractivity contribution in [2.24, 2.45) is 0 Å². The molecule has 0 radical (unpaired) electrons. The van der Waals surface area contributed by atoms with E-state index in [0.717, 1.165) is 12.1 Å². The van der Waals surface area contributed by atoms with Crippen molar-refractivity contribution >= 4 is 9.84 Å². The predicted octanol–water partition coefficient (Wildman–Crippen LogP) is 2.95. The van der Waals surface area contributed by atoms with Gasteiger partial charge in [0.15, 0.2) is 21.4 Å². The predicted molar refractivity (Wildman–Crippen MR) is 70.2 cm³/mol. The summed E-state index contributed by atoms with van der Waals surface area (Å²) in [4.78, 5) is -0.181. The van der Waals surface area contributed by atoms with Gasteiger partial charge in [0.25, 0.3) is 0 Å². The summed E-state index contributed by atoms with van der Waals surface area (Å²) in [7, 11) is -2.52. The molecule has 0 unspecified atom stereocenters. The summed E-state index contributed by atoms with van der Waals surface area (Å²) in [5.41, 5.74) is -0.0198. The Morgan fingerprint density at radius 2 is 1.80 bits per heavy atom. The molecule has 3 nitrogen and oxygen atoms in total. The molecule has 0 saturated carbocycles. The fraction of sp³-hybridized carbons (Fsp3) is 0.143. The summed E-state index contributed by atoms with van der Waals surface area (Å²) in [5.74, 6) is -1.97.